The average Bonchev–Trinajstić information content (AvgIpc) is 2.84. The Balaban J connectivity index is 2.27. The first-order chi connectivity index (χ1) is 9.90. The molecule has 0 aliphatic heterocycles. The van der Waals surface area contributed by atoms with Crippen molar-refractivity contribution in [3.63, 3.8) is 0 Å². The molecule has 0 spiro atoms. The van der Waals surface area contributed by atoms with Crippen LogP contribution in [0.1, 0.15) is 27.2 Å². The SMILES string of the molecule is CC(C)(C)OC(=O)N(CCCO)c1ccc2nccn2n1. The van der Waals surface area contributed by atoms with Gasteiger partial charge in [-0.05, 0) is 39.3 Å². The van der Waals surface area contributed by atoms with Gasteiger partial charge in [-0.15, -0.1) is 5.10 Å². The number of ether oxygens (including phenoxy) is 1. The lowest BCUT2D eigenvalue weighted by Crippen LogP contribution is -2.38. The summed E-state index contributed by atoms with van der Waals surface area (Å²) in [5.74, 6) is 0.461. The Morgan fingerprint density at radius 3 is 2.86 bits per heavy atom. The van der Waals surface area contributed by atoms with Crippen molar-refractivity contribution in [3.8, 4) is 0 Å². The number of carbonyl (C=O) groups is 1. The third-order valence-electron chi connectivity index (χ3n) is 2.67. The van der Waals surface area contributed by atoms with E-state index in [4.69, 9.17) is 9.84 Å². The monoisotopic (exact) mass is 292 g/mol. The van der Waals surface area contributed by atoms with Crippen LogP contribution in [0.2, 0.25) is 0 Å². The summed E-state index contributed by atoms with van der Waals surface area (Å²) in [6, 6.07) is 3.49. The number of aromatic nitrogens is 3. The molecule has 2 heterocycles. The first kappa shape index (κ1) is 15.2. The van der Waals surface area contributed by atoms with Crippen LogP contribution in [0.4, 0.5) is 10.6 Å². The van der Waals surface area contributed by atoms with Crippen molar-refractivity contribution in [2.24, 2.45) is 0 Å². The summed E-state index contributed by atoms with van der Waals surface area (Å²) in [5, 5.41) is 13.3. The second-order valence-electron chi connectivity index (χ2n) is 5.63. The van der Waals surface area contributed by atoms with Crippen LogP contribution in [-0.2, 0) is 4.74 Å². The number of anilines is 1. The number of imidazole rings is 1. The molecule has 114 valence electrons. The zero-order valence-electron chi connectivity index (χ0n) is 12.5. The molecule has 0 saturated heterocycles. The number of carbonyl (C=O) groups excluding carboxylic acids is 1. The minimum atomic E-state index is -0.590. The van der Waals surface area contributed by atoms with E-state index in [0.29, 0.717) is 24.4 Å². The second kappa shape index (κ2) is 6.09. The largest absolute Gasteiger partial charge is 0.443 e. The van der Waals surface area contributed by atoms with Crippen LogP contribution in [-0.4, -0.2) is 44.6 Å². The number of amides is 1. The normalized spacial score (nSPS) is 11.6. The van der Waals surface area contributed by atoms with Crippen LogP contribution < -0.4 is 4.90 Å². The van der Waals surface area contributed by atoms with E-state index in [9.17, 15) is 4.79 Å². The Kier molecular flexibility index (Phi) is 4.42. The van der Waals surface area contributed by atoms with Gasteiger partial charge in [-0.1, -0.05) is 0 Å². The van der Waals surface area contributed by atoms with Crippen molar-refractivity contribution in [3.05, 3.63) is 24.5 Å². The molecule has 0 fully saturated rings. The van der Waals surface area contributed by atoms with E-state index in [0.717, 1.165) is 0 Å². The summed E-state index contributed by atoms with van der Waals surface area (Å²) in [4.78, 5) is 17.8. The Labute approximate surface area is 123 Å². The van der Waals surface area contributed by atoms with Gasteiger partial charge in [0.2, 0.25) is 0 Å². The number of aliphatic hydroxyl groups is 1. The second-order valence-corrected chi connectivity index (χ2v) is 5.63. The summed E-state index contributed by atoms with van der Waals surface area (Å²) in [6.45, 7) is 5.75. The van der Waals surface area contributed by atoms with Gasteiger partial charge in [-0.2, -0.15) is 0 Å². The first-order valence-electron chi connectivity index (χ1n) is 6.82. The van der Waals surface area contributed by atoms with Crippen molar-refractivity contribution < 1.29 is 14.6 Å². The summed E-state index contributed by atoms with van der Waals surface area (Å²) in [7, 11) is 0. The van der Waals surface area contributed by atoms with E-state index in [1.54, 1.807) is 29.0 Å². The van der Waals surface area contributed by atoms with Crippen LogP contribution >= 0.6 is 0 Å². The molecule has 2 aromatic heterocycles. The lowest BCUT2D eigenvalue weighted by atomic mass is 10.2. The van der Waals surface area contributed by atoms with Gasteiger partial charge in [0.15, 0.2) is 11.5 Å². The fourth-order valence-corrected chi connectivity index (χ4v) is 1.79. The van der Waals surface area contributed by atoms with Gasteiger partial charge in [0.25, 0.3) is 0 Å². The first-order valence-corrected chi connectivity index (χ1v) is 6.82. The zero-order chi connectivity index (χ0) is 15.5. The quantitative estimate of drug-likeness (QED) is 0.930. The van der Waals surface area contributed by atoms with Crippen LogP contribution in [0.5, 0.6) is 0 Å². The molecule has 0 aliphatic carbocycles. The molecule has 0 saturated carbocycles. The molecule has 0 aliphatic rings. The van der Waals surface area contributed by atoms with E-state index in [1.165, 1.54) is 4.90 Å². The molecule has 0 aromatic carbocycles. The van der Waals surface area contributed by atoms with Crippen molar-refractivity contribution in [2.75, 3.05) is 18.1 Å². The smallest absolute Gasteiger partial charge is 0.416 e. The summed E-state index contributed by atoms with van der Waals surface area (Å²) < 4.78 is 6.97. The van der Waals surface area contributed by atoms with Crippen LogP contribution in [0.3, 0.4) is 0 Å². The standard InChI is InChI=1S/C14H20N4O3/c1-14(2,3)21-13(20)17(8-4-10-19)12-6-5-11-15-7-9-18(11)16-12/h5-7,9,19H,4,8,10H2,1-3H3. The molecule has 7 heteroatoms. The minimum absolute atomic E-state index is 0.00732. The maximum atomic E-state index is 12.3. The number of hydrogen-bond donors (Lipinski definition) is 1. The van der Waals surface area contributed by atoms with Crippen LogP contribution in [0.15, 0.2) is 24.5 Å². The lowest BCUT2D eigenvalue weighted by Gasteiger charge is -2.26. The molecule has 2 aromatic rings. The third kappa shape index (κ3) is 3.91. The van der Waals surface area contributed by atoms with Gasteiger partial charge in [0.1, 0.15) is 5.60 Å². The molecular formula is C14H20N4O3. The van der Waals surface area contributed by atoms with E-state index in [-0.39, 0.29) is 6.61 Å². The fraction of sp³-hybridized carbons (Fsp3) is 0.500. The van der Waals surface area contributed by atoms with Crippen molar-refractivity contribution in [2.45, 2.75) is 32.8 Å². The van der Waals surface area contributed by atoms with Crippen molar-refractivity contribution in [1.82, 2.24) is 14.6 Å². The molecule has 7 nitrogen and oxygen atoms in total. The predicted molar refractivity (Wildman–Crippen MR) is 78.3 cm³/mol. The number of rotatable bonds is 4. The molecule has 1 amide bonds. The van der Waals surface area contributed by atoms with Gasteiger partial charge in [0.05, 0.1) is 0 Å². The minimum Gasteiger partial charge on any atom is -0.443 e. The number of nitrogens with zero attached hydrogens (tertiary/aromatic N) is 4. The third-order valence-corrected chi connectivity index (χ3v) is 2.67. The summed E-state index contributed by atoms with van der Waals surface area (Å²) in [5.41, 5.74) is 0.109. The fourth-order valence-electron chi connectivity index (χ4n) is 1.79. The van der Waals surface area contributed by atoms with Gasteiger partial charge in [-0.3, -0.25) is 4.90 Å². The molecule has 0 bridgehead atoms. The Morgan fingerprint density at radius 2 is 2.19 bits per heavy atom. The van der Waals surface area contributed by atoms with Gasteiger partial charge >= 0.3 is 6.09 Å². The highest BCUT2D eigenvalue weighted by atomic mass is 16.6. The van der Waals surface area contributed by atoms with E-state index >= 15 is 0 Å². The highest BCUT2D eigenvalue weighted by Gasteiger charge is 2.24. The van der Waals surface area contributed by atoms with Gasteiger partial charge < -0.3 is 9.84 Å². The maximum absolute atomic E-state index is 12.3. The Bertz CT molecular complexity index is 618. The molecule has 1 N–H and O–H groups in total. The van der Waals surface area contributed by atoms with Gasteiger partial charge in [0, 0.05) is 25.5 Å². The van der Waals surface area contributed by atoms with E-state index in [2.05, 4.69) is 10.1 Å². The number of hydrogen-bond acceptors (Lipinski definition) is 5. The molecule has 21 heavy (non-hydrogen) atoms. The molecule has 0 radical (unpaired) electrons. The maximum Gasteiger partial charge on any atom is 0.416 e. The topological polar surface area (TPSA) is 80.0 Å². The van der Waals surface area contributed by atoms with Crippen LogP contribution in [0.25, 0.3) is 5.65 Å². The van der Waals surface area contributed by atoms with Gasteiger partial charge in [-0.25, -0.2) is 14.3 Å². The number of aliphatic hydroxyl groups excluding tert-OH is 1. The van der Waals surface area contributed by atoms with E-state index in [1.807, 2.05) is 20.8 Å². The van der Waals surface area contributed by atoms with Crippen molar-refractivity contribution >= 4 is 17.6 Å². The highest BCUT2D eigenvalue weighted by Crippen LogP contribution is 2.17. The molecule has 0 atom stereocenters. The molecule has 2 rings (SSSR count). The average molecular weight is 292 g/mol. The predicted octanol–water partition coefficient (Wildman–Crippen LogP) is 1.85. The van der Waals surface area contributed by atoms with Crippen LogP contribution in [0, 0.1) is 0 Å². The number of fused-ring (bicyclic) bond motifs is 1. The van der Waals surface area contributed by atoms with Crippen molar-refractivity contribution in [1.29, 1.82) is 0 Å². The zero-order valence-corrected chi connectivity index (χ0v) is 12.5. The molecular weight excluding hydrogens is 272 g/mol. The lowest BCUT2D eigenvalue weighted by molar-refractivity contribution is 0.0577. The summed E-state index contributed by atoms with van der Waals surface area (Å²) in [6.07, 6.45) is 3.31. The molecule has 0 unspecified atom stereocenters. The Morgan fingerprint density at radius 1 is 1.43 bits per heavy atom. The summed E-state index contributed by atoms with van der Waals surface area (Å²) >= 11 is 0. The van der Waals surface area contributed by atoms with E-state index < -0.39 is 11.7 Å². The Hall–Kier alpha value is -2.15. The highest BCUT2D eigenvalue weighted by molar-refractivity contribution is 5.86.